The van der Waals surface area contributed by atoms with Gasteiger partial charge in [0.2, 0.25) is 0 Å². The Kier molecular flexibility index (Phi) is 5.11. The van der Waals surface area contributed by atoms with Crippen LogP contribution in [0.15, 0.2) is 48.1 Å². The molecule has 6 heteroatoms. The number of nitrogens with one attached hydrogen (secondary N) is 1. The van der Waals surface area contributed by atoms with E-state index in [4.69, 9.17) is 0 Å². The molecule has 134 valence electrons. The average Bonchev–Trinajstić information content (AvgIpc) is 3.40. The van der Waals surface area contributed by atoms with Gasteiger partial charge in [0.1, 0.15) is 6.33 Å². The fourth-order valence-electron chi connectivity index (χ4n) is 3.70. The predicted octanol–water partition coefficient (Wildman–Crippen LogP) is 4.16. The lowest BCUT2D eigenvalue weighted by molar-refractivity contribution is 0.0603. The summed E-state index contributed by atoms with van der Waals surface area (Å²) in [6, 6.07) is 12.2. The van der Waals surface area contributed by atoms with E-state index in [-0.39, 0.29) is 5.91 Å². The summed E-state index contributed by atoms with van der Waals surface area (Å²) in [6.45, 7) is 0.832. The Morgan fingerprint density at radius 3 is 2.96 bits per heavy atom. The number of carbonyl (C=O) groups excluding carboxylic acids is 1. The van der Waals surface area contributed by atoms with Gasteiger partial charge in [0.15, 0.2) is 5.82 Å². The Morgan fingerprint density at radius 1 is 1.23 bits per heavy atom. The quantitative estimate of drug-likeness (QED) is 0.737. The number of amides is 1. The molecule has 2 aromatic heterocycles. The smallest absolute Gasteiger partial charge is 0.254 e. The molecule has 1 fully saturated rings. The Labute approximate surface area is 157 Å². The van der Waals surface area contributed by atoms with Crippen LogP contribution in [0.3, 0.4) is 0 Å². The molecule has 0 spiro atoms. The zero-order valence-electron chi connectivity index (χ0n) is 14.6. The van der Waals surface area contributed by atoms with E-state index in [9.17, 15) is 4.79 Å². The Bertz CT molecular complexity index is 845. The van der Waals surface area contributed by atoms with Crippen molar-refractivity contribution in [2.24, 2.45) is 0 Å². The van der Waals surface area contributed by atoms with Crippen LogP contribution in [0.5, 0.6) is 0 Å². The summed E-state index contributed by atoms with van der Waals surface area (Å²) in [7, 11) is 0. The number of aromatic nitrogens is 3. The van der Waals surface area contributed by atoms with Gasteiger partial charge in [-0.1, -0.05) is 24.3 Å². The molecule has 1 amide bonds. The highest BCUT2D eigenvalue weighted by molar-refractivity contribution is 7.09. The molecule has 0 bridgehead atoms. The van der Waals surface area contributed by atoms with E-state index in [0.29, 0.717) is 17.4 Å². The molecule has 4 rings (SSSR count). The Balaban J connectivity index is 1.56. The van der Waals surface area contributed by atoms with Crippen molar-refractivity contribution in [3.8, 4) is 11.4 Å². The second-order valence-corrected chi connectivity index (χ2v) is 7.68. The summed E-state index contributed by atoms with van der Waals surface area (Å²) in [5.74, 6) is 0.744. The Hall–Kier alpha value is -2.47. The van der Waals surface area contributed by atoms with Gasteiger partial charge in [-0.25, -0.2) is 4.98 Å². The van der Waals surface area contributed by atoms with E-state index in [0.717, 1.165) is 37.8 Å². The first-order valence-corrected chi connectivity index (χ1v) is 9.99. The van der Waals surface area contributed by atoms with Gasteiger partial charge in [-0.15, -0.1) is 11.3 Å². The molecule has 0 radical (unpaired) electrons. The van der Waals surface area contributed by atoms with Crippen LogP contribution in [0.25, 0.3) is 11.4 Å². The number of nitrogens with zero attached hydrogens (tertiary/aromatic N) is 3. The molecule has 1 saturated heterocycles. The van der Waals surface area contributed by atoms with Crippen LogP contribution in [-0.4, -0.2) is 38.6 Å². The minimum Gasteiger partial charge on any atom is -0.336 e. The summed E-state index contributed by atoms with van der Waals surface area (Å²) in [5.41, 5.74) is 1.52. The van der Waals surface area contributed by atoms with Gasteiger partial charge in [-0.05, 0) is 49.6 Å². The third-order valence-corrected chi connectivity index (χ3v) is 5.96. The second-order valence-electron chi connectivity index (χ2n) is 6.65. The highest BCUT2D eigenvalue weighted by Crippen LogP contribution is 2.27. The SMILES string of the molecule is O=C(c1ccccc1-c1ncn[nH]1)N1CCCC[C@H]1CCc1cccs1. The van der Waals surface area contributed by atoms with E-state index in [1.165, 1.54) is 17.6 Å². The number of rotatable bonds is 5. The molecule has 0 aliphatic carbocycles. The number of piperidine rings is 1. The number of hydrogen-bond donors (Lipinski definition) is 1. The van der Waals surface area contributed by atoms with Crippen LogP contribution in [-0.2, 0) is 6.42 Å². The zero-order chi connectivity index (χ0) is 17.8. The molecule has 0 unspecified atom stereocenters. The van der Waals surface area contributed by atoms with E-state index in [2.05, 4.69) is 37.6 Å². The summed E-state index contributed by atoms with van der Waals surface area (Å²) >= 11 is 1.80. The number of thiophene rings is 1. The Morgan fingerprint density at radius 2 is 2.15 bits per heavy atom. The highest BCUT2D eigenvalue weighted by Gasteiger charge is 2.29. The minimum absolute atomic E-state index is 0.105. The summed E-state index contributed by atoms with van der Waals surface area (Å²) in [5, 5.41) is 8.92. The molecular formula is C20H22N4OS. The standard InChI is InChI=1S/C20H22N4OS/c25-20(18-9-2-1-8-17(18)19-21-14-22-23-19)24-12-4-3-6-15(24)10-11-16-7-5-13-26-16/h1-2,5,7-9,13-15H,3-4,6,10-12H2,(H,21,22,23)/t15-/m0/s1. The second kappa shape index (κ2) is 7.83. The van der Waals surface area contributed by atoms with Gasteiger partial charge in [-0.3, -0.25) is 9.89 Å². The maximum absolute atomic E-state index is 13.4. The summed E-state index contributed by atoms with van der Waals surface area (Å²) in [6.07, 6.45) is 6.89. The number of benzene rings is 1. The van der Waals surface area contributed by atoms with Gasteiger partial charge >= 0.3 is 0 Å². The molecule has 1 N–H and O–H groups in total. The first kappa shape index (κ1) is 17.0. The lowest BCUT2D eigenvalue weighted by atomic mass is 9.95. The molecule has 26 heavy (non-hydrogen) atoms. The molecule has 1 atom stereocenters. The van der Waals surface area contributed by atoms with Gasteiger partial charge in [0, 0.05) is 23.0 Å². The third kappa shape index (κ3) is 3.55. The summed E-state index contributed by atoms with van der Waals surface area (Å²) < 4.78 is 0. The first-order valence-electron chi connectivity index (χ1n) is 9.11. The average molecular weight is 366 g/mol. The molecule has 1 aliphatic heterocycles. The van der Waals surface area contributed by atoms with Gasteiger partial charge in [-0.2, -0.15) is 5.10 Å². The molecule has 5 nitrogen and oxygen atoms in total. The van der Waals surface area contributed by atoms with E-state index in [1.54, 1.807) is 11.3 Å². The van der Waals surface area contributed by atoms with E-state index >= 15 is 0 Å². The van der Waals surface area contributed by atoms with Crippen molar-refractivity contribution in [3.05, 3.63) is 58.5 Å². The normalized spacial score (nSPS) is 17.4. The van der Waals surface area contributed by atoms with Crippen LogP contribution in [0, 0.1) is 0 Å². The monoisotopic (exact) mass is 366 g/mol. The molecule has 1 aliphatic rings. The topological polar surface area (TPSA) is 61.9 Å². The largest absolute Gasteiger partial charge is 0.336 e. The van der Waals surface area contributed by atoms with Crippen molar-refractivity contribution >= 4 is 17.2 Å². The van der Waals surface area contributed by atoms with Crippen molar-refractivity contribution in [3.63, 3.8) is 0 Å². The summed E-state index contributed by atoms with van der Waals surface area (Å²) in [4.78, 5) is 21.1. The van der Waals surface area contributed by atoms with Gasteiger partial charge in [0.05, 0.1) is 5.56 Å². The van der Waals surface area contributed by atoms with Gasteiger partial charge in [0.25, 0.3) is 5.91 Å². The lowest BCUT2D eigenvalue weighted by Crippen LogP contribution is -2.44. The minimum atomic E-state index is 0.105. The number of aryl methyl sites for hydroxylation is 1. The molecule has 0 saturated carbocycles. The zero-order valence-corrected chi connectivity index (χ0v) is 15.4. The van der Waals surface area contributed by atoms with Crippen molar-refractivity contribution in [1.82, 2.24) is 20.1 Å². The number of carbonyl (C=O) groups is 1. The predicted molar refractivity (Wildman–Crippen MR) is 103 cm³/mol. The van der Waals surface area contributed by atoms with Crippen molar-refractivity contribution in [2.75, 3.05) is 6.54 Å². The molecule has 3 aromatic rings. The maximum Gasteiger partial charge on any atom is 0.254 e. The van der Waals surface area contributed by atoms with E-state index in [1.807, 2.05) is 24.3 Å². The highest BCUT2D eigenvalue weighted by atomic mass is 32.1. The maximum atomic E-state index is 13.4. The first-order chi connectivity index (χ1) is 12.8. The van der Waals surface area contributed by atoms with Crippen LogP contribution in [0.4, 0.5) is 0 Å². The van der Waals surface area contributed by atoms with Crippen LogP contribution >= 0.6 is 11.3 Å². The number of likely N-dealkylation sites (tertiary alicyclic amines) is 1. The third-order valence-electron chi connectivity index (χ3n) is 5.02. The van der Waals surface area contributed by atoms with Gasteiger partial charge < -0.3 is 4.90 Å². The lowest BCUT2D eigenvalue weighted by Gasteiger charge is -2.36. The number of aromatic amines is 1. The van der Waals surface area contributed by atoms with Crippen molar-refractivity contribution in [2.45, 2.75) is 38.1 Å². The van der Waals surface area contributed by atoms with Crippen LogP contribution in [0.1, 0.15) is 40.9 Å². The number of H-pyrrole nitrogens is 1. The fourth-order valence-corrected chi connectivity index (χ4v) is 4.42. The van der Waals surface area contributed by atoms with Crippen molar-refractivity contribution < 1.29 is 4.79 Å². The molecule has 3 heterocycles. The number of hydrogen-bond acceptors (Lipinski definition) is 4. The van der Waals surface area contributed by atoms with Crippen LogP contribution in [0.2, 0.25) is 0 Å². The van der Waals surface area contributed by atoms with Crippen LogP contribution < -0.4 is 0 Å². The van der Waals surface area contributed by atoms with Crippen molar-refractivity contribution in [1.29, 1.82) is 0 Å². The van der Waals surface area contributed by atoms with E-state index < -0.39 is 0 Å². The molecule has 1 aromatic carbocycles. The molecular weight excluding hydrogens is 344 g/mol. The fraction of sp³-hybridized carbons (Fsp3) is 0.350.